The van der Waals surface area contributed by atoms with Crippen LogP contribution in [0.3, 0.4) is 0 Å². The van der Waals surface area contributed by atoms with Crippen LogP contribution >= 0.6 is 0 Å². The molecule has 2 amide bonds. The fraction of sp³-hybridized carbons (Fsp3) is 0.385. The van der Waals surface area contributed by atoms with Crippen molar-refractivity contribution in [1.82, 2.24) is 10.2 Å². The molecule has 0 saturated carbocycles. The fourth-order valence-electron chi connectivity index (χ4n) is 1.53. The summed E-state index contributed by atoms with van der Waals surface area (Å²) in [6, 6.07) is 7.58. The van der Waals surface area contributed by atoms with Crippen molar-refractivity contribution in [2.24, 2.45) is 0 Å². The van der Waals surface area contributed by atoms with Gasteiger partial charge in [-0.15, -0.1) is 0 Å². The SMILES string of the molecule is Cc1ccccc1CN(C)C(=O)NCCC(=O)O. The molecule has 5 heteroatoms. The van der Waals surface area contributed by atoms with Crippen molar-refractivity contribution in [3.05, 3.63) is 35.4 Å². The second-order valence-corrected chi connectivity index (χ2v) is 4.16. The molecule has 0 aromatic heterocycles. The second-order valence-electron chi connectivity index (χ2n) is 4.16. The molecule has 0 aliphatic rings. The van der Waals surface area contributed by atoms with E-state index >= 15 is 0 Å². The monoisotopic (exact) mass is 250 g/mol. The van der Waals surface area contributed by atoms with Crippen LogP contribution in [0.2, 0.25) is 0 Å². The van der Waals surface area contributed by atoms with Gasteiger partial charge < -0.3 is 15.3 Å². The van der Waals surface area contributed by atoms with Gasteiger partial charge in [0.15, 0.2) is 0 Å². The van der Waals surface area contributed by atoms with Gasteiger partial charge >= 0.3 is 12.0 Å². The average Bonchev–Trinajstić information content (AvgIpc) is 2.31. The van der Waals surface area contributed by atoms with Gasteiger partial charge in [-0.05, 0) is 18.1 Å². The first-order chi connectivity index (χ1) is 8.50. The van der Waals surface area contributed by atoms with Crippen molar-refractivity contribution >= 4 is 12.0 Å². The number of aryl methyl sites for hydroxylation is 1. The molecule has 98 valence electrons. The number of aliphatic carboxylic acids is 1. The zero-order valence-electron chi connectivity index (χ0n) is 10.6. The number of amides is 2. The first-order valence-electron chi connectivity index (χ1n) is 5.76. The molecule has 2 N–H and O–H groups in total. The van der Waals surface area contributed by atoms with Gasteiger partial charge in [0.25, 0.3) is 0 Å². The van der Waals surface area contributed by atoms with Crippen LogP contribution in [-0.2, 0) is 11.3 Å². The minimum atomic E-state index is -0.920. The molecule has 0 aliphatic carbocycles. The summed E-state index contributed by atoms with van der Waals surface area (Å²) >= 11 is 0. The minimum Gasteiger partial charge on any atom is -0.481 e. The number of carboxylic acids is 1. The molecule has 1 aromatic carbocycles. The molecule has 0 saturated heterocycles. The van der Waals surface area contributed by atoms with E-state index in [1.165, 1.54) is 4.90 Å². The molecule has 0 bridgehead atoms. The van der Waals surface area contributed by atoms with E-state index in [0.29, 0.717) is 6.54 Å². The quantitative estimate of drug-likeness (QED) is 0.834. The molecule has 0 heterocycles. The third-order valence-corrected chi connectivity index (χ3v) is 2.63. The molecule has 5 nitrogen and oxygen atoms in total. The van der Waals surface area contributed by atoms with E-state index in [2.05, 4.69) is 5.32 Å². The summed E-state index contributed by atoms with van der Waals surface area (Å²) < 4.78 is 0. The molecule has 0 radical (unpaired) electrons. The van der Waals surface area contributed by atoms with Crippen LogP contribution in [-0.4, -0.2) is 35.6 Å². The predicted molar refractivity (Wildman–Crippen MR) is 68.3 cm³/mol. The van der Waals surface area contributed by atoms with E-state index < -0.39 is 5.97 Å². The van der Waals surface area contributed by atoms with Gasteiger partial charge in [-0.2, -0.15) is 0 Å². The molecule has 0 fully saturated rings. The molecule has 1 rings (SSSR count). The second kappa shape index (κ2) is 6.64. The number of carboxylic acid groups (broad SMARTS) is 1. The van der Waals surface area contributed by atoms with Crippen LogP contribution in [0.5, 0.6) is 0 Å². The smallest absolute Gasteiger partial charge is 0.317 e. The lowest BCUT2D eigenvalue weighted by Gasteiger charge is -2.18. The summed E-state index contributed by atoms with van der Waals surface area (Å²) in [6.45, 7) is 2.64. The number of nitrogens with zero attached hydrogens (tertiary/aromatic N) is 1. The third-order valence-electron chi connectivity index (χ3n) is 2.63. The van der Waals surface area contributed by atoms with Crippen molar-refractivity contribution in [3.8, 4) is 0 Å². The first-order valence-corrected chi connectivity index (χ1v) is 5.76. The number of urea groups is 1. The molecule has 1 aromatic rings. The number of benzene rings is 1. The highest BCUT2D eigenvalue weighted by atomic mass is 16.4. The van der Waals surface area contributed by atoms with Gasteiger partial charge in [0.05, 0.1) is 6.42 Å². The third kappa shape index (κ3) is 4.45. The van der Waals surface area contributed by atoms with Crippen LogP contribution in [0.25, 0.3) is 0 Å². The Morgan fingerprint density at radius 1 is 1.33 bits per heavy atom. The number of hydrogen-bond acceptors (Lipinski definition) is 2. The number of carbonyl (C=O) groups is 2. The summed E-state index contributed by atoms with van der Waals surface area (Å²) in [5.41, 5.74) is 2.20. The maximum absolute atomic E-state index is 11.7. The zero-order valence-corrected chi connectivity index (χ0v) is 10.6. The molecule has 18 heavy (non-hydrogen) atoms. The maximum Gasteiger partial charge on any atom is 0.317 e. The van der Waals surface area contributed by atoms with Gasteiger partial charge in [0, 0.05) is 20.1 Å². The standard InChI is InChI=1S/C13H18N2O3/c1-10-5-3-4-6-11(10)9-15(2)13(18)14-8-7-12(16)17/h3-6H,7-9H2,1-2H3,(H,14,18)(H,16,17). The van der Waals surface area contributed by atoms with Crippen LogP contribution < -0.4 is 5.32 Å². The Morgan fingerprint density at radius 2 is 2.00 bits per heavy atom. The lowest BCUT2D eigenvalue weighted by Crippen LogP contribution is -2.37. The van der Waals surface area contributed by atoms with E-state index in [4.69, 9.17) is 5.11 Å². The number of carbonyl (C=O) groups excluding carboxylic acids is 1. The number of hydrogen-bond donors (Lipinski definition) is 2. The Hall–Kier alpha value is -2.04. The molecular weight excluding hydrogens is 232 g/mol. The van der Waals surface area contributed by atoms with E-state index in [0.717, 1.165) is 11.1 Å². The summed E-state index contributed by atoms with van der Waals surface area (Å²) in [7, 11) is 1.68. The highest BCUT2D eigenvalue weighted by molar-refractivity contribution is 5.75. The molecule has 0 spiro atoms. The van der Waals surface area contributed by atoms with E-state index in [1.54, 1.807) is 7.05 Å². The van der Waals surface area contributed by atoms with Crippen LogP contribution in [0, 0.1) is 6.92 Å². The van der Waals surface area contributed by atoms with Gasteiger partial charge in [0.1, 0.15) is 0 Å². The van der Waals surface area contributed by atoms with Crippen molar-refractivity contribution in [2.45, 2.75) is 19.9 Å². The zero-order chi connectivity index (χ0) is 13.5. The molecular formula is C13H18N2O3. The minimum absolute atomic E-state index is 0.0655. The Balaban J connectivity index is 2.45. The lowest BCUT2D eigenvalue weighted by molar-refractivity contribution is -0.136. The van der Waals surface area contributed by atoms with Crippen molar-refractivity contribution in [1.29, 1.82) is 0 Å². The van der Waals surface area contributed by atoms with E-state index in [-0.39, 0.29) is 19.0 Å². The van der Waals surface area contributed by atoms with Crippen LogP contribution in [0.1, 0.15) is 17.5 Å². The molecule has 0 atom stereocenters. The topological polar surface area (TPSA) is 69.6 Å². The van der Waals surface area contributed by atoms with E-state index in [9.17, 15) is 9.59 Å². The summed E-state index contributed by atoms with van der Waals surface area (Å²) in [4.78, 5) is 23.5. The highest BCUT2D eigenvalue weighted by Crippen LogP contribution is 2.09. The fourth-order valence-corrected chi connectivity index (χ4v) is 1.53. The number of rotatable bonds is 5. The maximum atomic E-state index is 11.7. The predicted octanol–water partition coefficient (Wildman–Crippen LogP) is 1.61. The van der Waals surface area contributed by atoms with Crippen LogP contribution in [0.4, 0.5) is 4.79 Å². The van der Waals surface area contributed by atoms with Gasteiger partial charge in [-0.25, -0.2) is 4.79 Å². The van der Waals surface area contributed by atoms with Crippen molar-refractivity contribution in [3.63, 3.8) is 0 Å². The summed E-state index contributed by atoms with van der Waals surface area (Å²) in [5.74, 6) is -0.920. The van der Waals surface area contributed by atoms with Crippen molar-refractivity contribution < 1.29 is 14.7 Å². The Bertz CT molecular complexity index is 432. The van der Waals surface area contributed by atoms with Gasteiger partial charge in [-0.1, -0.05) is 24.3 Å². The Morgan fingerprint density at radius 3 is 2.61 bits per heavy atom. The van der Waals surface area contributed by atoms with Crippen molar-refractivity contribution in [2.75, 3.05) is 13.6 Å². The molecule has 0 unspecified atom stereocenters. The average molecular weight is 250 g/mol. The summed E-state index contributed by atoms with van der Waals surface area (Å²) in [6.07, 6.45) is -0.0655. The first kappa shape index (κ1) is 14.0. The molecule has 0 aliphatic heterocycles. The highest BCUT2D eigenvalue weighted by Gasteiger charge is 2.09. The Labute approximate surface area is 106 Å². The van der Waals surface area contributed by atoms with Crippen LogP contribution in [0.15, 0.2) is 24.3 Å². The largest absolute Gasteiger partial charge is 0.481 e. The lowest BCUT2D eigenvalue weighted by atomic mass is 10.1. The Kier molecular flexibility index (Phi) is 5.17. The van der Waals surface area contributed by atoms with Gasteiger partial charge in [-0.3, -0.25) is 4.79 Å². The normalized spacial score (nSPS) is 9.89. The van der Waals surface area contributed by atoms with E-state index in [1.807, 2.05) is 31.2 Å². The number of nitrogens with one attached hydrogen (secondary N) is 1. The summed E-state index contributed by atoms with van der Waals surface area (Å²) in [5, 5.41) is 11.0. The van der Waals surface area contributed by atoms with Gasteiger partial charge in [0.2, 0.25) is 0 Å².